The molecule has 24 heavy (non-hydrogen) atoms. The molecule has 0 unspecified atom stereocenters. The van der Waals surface area contributed by atoms with Crippen LogP contribution >= 0.6 is 23.2 Å². The van der Waals surface area contributed by atoms with Crippen LogP contribution in [0.5, 0.6) is 5.75 Å². The number of methoxy groups -OCH3 is 1. The van der Waals surface area contributed by atoms with E-state index in [-0.39, 0.29) is 22.0 Å². The molecule has 0 aromatic heterocycles. The number of nitrogens with one attached hydrogen (secondary N) is 1. The monoisotopic (exact) mass is 365 g/mol. The van der Waals surface area contributed by atoms with Gasteiger partial charge in [-0.15, -0.1) is 0 Å². The lowest BCUT2D eigenvalue weighted by Gasteiger charge is -2.10. The summed E-state index contributed by atoms with van der Waals surface area (Å²) in [7, 11) is 1.34. The molecule has 0 atom stereocenters. The van der Waals surface area contributed by atoms with Crippen molar-refractivity contribution < 1.29 is 19.4 Å². The number of hydrogen-bond donors (Lipinski definition) is 2. The van der Waals surface area contributed by atoms with Gasteiger partial charge in [0.25, 0.3) is 0 Å². The molecule has 0 saturated carbocycles. The normalized spacial score (nSPS) is 10.6. The number of carboxylic acid groups (broad SMARTS) is 1. The highest BCUT2D eigenvalue weighted by Gasteiger charge is 2.15. The summed E-state index contributed by atoms with van der Waals surface area (Å²) in [4.78, 5) is 23.1. The van der Waals surface area contributed by atoms with Gasteiger partial charge in [-0.05, 0) is 29.8 Å². The standard InChI is InChI=1S/C17H13Cl2NO4/c1-24-15-9-14(13(19)8-12(15)17(22)23)20-16(21)7-4-10-2-5-11(18)6-3-10/h2-9H,1H3,(H,20,21)(H,22,23)/b7-4+. The molecule has 2 aromatic rings. The van der Waals surface area contributed by atoms with Crippen LogP contribution in [0.3, 0.4) is 0 Å². The van der Waals surface area contributed by atoms with E-state index in [9.17, 15) is 9.59 Å². The first-order chi connectivity index (χ1) is 11.4. The summed E-state index contributed by atoms with van der Waals surface area (Å²) in [6, 6.07) is 9.55. The van der Waals surface area contributed by atoms with Crippen molar-refractivity contribution in [2.45, 2.75) is 0 Å². The molecule has 5 nitrogen and oxygen atoms in total. The highest BCUT2D eigenvalue weighted by molar-refractivity contribution is 6.34. The second-order valence-electron chi connectivity index (χ2n) is 4.71. The Hall–Kier alpha value is -2.50. The van der Waals surface area contributed by atoms with E-state index in [2.05, 4.69) is 5.32 Å². The topological polar surface area (TPSA) is 75.6 Å². The number of hydrogen-bond acceptors (Lipinski definition) is 3. The Labute approximate surface area is 148 Å². The highest BCUT2D eigenvalue weighted by atomic mass is 35.5. The molecule has 2 rings (SSSR count). The van der Waals surface area contributed by atoms with E-state index in [0.29, 0.717) is 5.02 Å². The van der Waals surface area contributed by atoms with Crippen LogP contribution in [0, 0.1) is 0 Å². The first-order valence-electron chi connectivity index (χ1n) is 6.76. The fraction of sp³-hybridized carbons (Fsp3) is 0.0588. The third-order valence-corrected chi connectivity index (χ3v) is 3.64. The Morgan fingerprint density at radius 2 is 1.83 bits per heavy atom. The first kappa shape index (κ1) is 17.8. The molecule has 0 fully saturated rings. The smallest absolute Gasteiger partial charge is 0.339 e. The lowest BCUT2D eigenvalue weighted by Crippen LogP contribution is -2.09. The van der Waals surface area contributed by atoms with E-state index in [1.165, 1.54) is 25.3 Å². The van der Waals surface area contributed by atoms with Gasteiger partial charge in [0, 0.05) is 17.2 Å². The van der Waals surface area contributed by atoms with Crippen LogP contribution in [0.2, 0.25) is 10.0 Å². The average molecular weight is 366 g/mol. The van der Waals surface area contributed by atoms with Crippen molar-refractivity contribution in [3.63, 3.8) is 0 Å². The number of halogens is 2. The van der Waals surface area contributed by atoms with Gasteiger partial charge < -0.3 is 15.2 Å². The zero-order chi connectivity index (χ0) is 17.7. The molecule has 2 N–H and O–H groups in total. The maximum Gasteiger partial charge on any atom is 0.339 e. The molecule has 0 bridgehead atoms. The maximum absolute atomic E-state index is 12.0. The van der Waals surface area contributed by atoms with Crippen molar-refractivity contribution in [1.29, 1.82) is 0 Å². The summed E-state index contributed by atoms with van der Waals surface area (Å²) >= 11 is 11.8. The minimum absolute atomic E-state index is 0.0859. The van der Waals surface area contributed by atoms with E-state index in [0.717, 1.165) is 5.56 Å². The Kier molecular flexibility index (Phi) is 5.84. The fourth-order valence-corrected chi connectivity index (χ4v) is 2.24. The highest BCUT2D eigenvalue weighted by Crippen LogP contribution is 2.31. The van der Waals surface area contributed by atoms with Gasteiger partial charge in [0.05, 0.1) is 17.8 Å². The largest absolute Gasteiger partial charge is 0.496 e. The van der Waals surface area contributed by atoms with Crippen LogP contribution in [0.4, 0.5) is 5.69 Å². The van der Waals surface area contributed by atoms with Gasteiger partial charge in [-0.25, -0.2) is 4.79 Å². The zero-order valence-electron chi connectivity index (χ0n) is 12.5. The molecule has 0 aliphatic heterocycles. The number of benzene rings is 2. The van der Waals surface area contributed by atoms with Gasteiger partial charge in [0.15, 0.2) is 0 Å². The van der Waals surface area contributed by atoms with Crippen molar-refractivity contribution in [3.05, 3.63) is 63.6 Å². The second-order valence-corrected chi connectivity index (χ2v) is 5.56. The number of ether oxygens (including phenoxy) is 1. The Bertz CT molecular complexity index is 801. The van der Waals surface area contributed by atoms with Gasteiger partial charge in [0.2, 0.25) is 5.91 Å². The maximum atomic E-state index is 12.0. The molecule has 0 aliphatic rings. The number of carbonyl (C=O) groups is 2. The molecule has 124 valence electrons. The van der Waals surface area contributed by atoms with Gasteiger partial charge in [-0.3, -0.25) is 4.79 Å². The minimum Gasteiger partial charge on any atom is -0.496 e. The molecular formula is C17H13Cl2NO4. The SMILES string of the molecule is COc1cc(NC(=O)/C=C/c2ccc(Cl)cc2)c(Cl)cc1C(=O)O. The second kappa shape index (κ2) is 7.86. The summed E-state index contributed by atoms with van der Waals surface area (Å²) in [5.74, 6) is -1.49. The van der Waals surface area contributed by atoms with Crippen LogP contribution < -0.4 is 10.1 Å². The predicted octanol–water partition coefficient (Wildman–Crippen LogP) is 4.35. The summed E-state index contributed by atoms with van der Waals surface area (Å²) in [6.07, 6.45) is 2.94. The quantitative estimate of drug-likeness (QED) is 0.772. The fourth-order valence-electron chi connectivity index (χ4n) is 1.91. The molecular weight excluding hydrogens is 353 g/mol. The summed E-state index contributed by atoms with van der Waals surface area (Å²) in [6.45, 7) is 0. The third kappa shape index (κ3) is 4.50. The summed E-state index contributed by atoms with van der Waals surface area (Å²) in [5.41, 5.74) is 0.973. The van der Waals surface area contributed by atoms with Gasteiger partial charge in [-0.2, -0.15) is 0 Å². The Balaban J connectivity index is 2.16. The lowest BCUT2D eigenvalue weighted by molar-refractivity contribution is -0.111. The van der Waals surface area contributed by atoms with E-state index in [1.54, 1.807) is 30.3 Å². The molecule has 1 amide bonds. The van der Waals surface area contributed by atoms with Gasteiger partial charge in [0.1, 0.15) is 11.3 Å². The first-order valence-corrected chi connectivity index (χ1v) is 7.51. The average Bonchev–Trinajstić information content (AvgIpc) is 2.55. The predicted molar refractivity (Wildman–Crippen MR) is 94.1 cm³/mol. The summed E-state index contributed by atoms with van der Waals surface area (Å²) < 4.78 is 5.00. The van der Waals surface area contributed by atoms with Crippen molar-refractivity contribution in [2.75, 3.05) is 12.4 Å². The van der Waals surface area contributed by atoms with E-state index < -0.39 is 11.9 Å². The van der Waals surface area contributed by atoms with Crippen molar-refractivity contribution in [3.8, 4) is 5.75 Å². The van der Waals surface area contributed by atoms with Crippen LogP contribution in [-0.4, -0.2) is 24.1 Å². The number of rotatable bonds is 5. The van der Waals surface area contributed by atoms with Crippen LogP contribution in [0.15, 0.2) is 42.5 Å². The van der Waals surface area contributed by atoms with Crippen LogP contribution in [-0.2, 0) is 4.79 Å². The van der Waals surface area contributed by atoms with Crippen molar-refractivity contribution >= 4 is 46.8 Å². The number of carboxylic acids is 1. The zero-order valence-corrected chi connectivity index (χ0v) is 14.1. The molecule has 0 spiro atoms. The Morgan fingerprint density at radius 3 is 2.42 bits per heavy atom. The Morgan fingerprint density at radius 1 is 1.17 bits per heavy atom. The third-order valence-electron chi connectivity index (χ3n) is 3.07. The molecule has 0 heterocycles. The van der Waals surface area contributed by atoms with E-state index >= 15 is 0 Å². The minimum atomic E-state index is -1.17. The van der Waals surface area contributed by atoms with E-state index in [4.69, 9.17) is 33.0 Å². The number of carbonyl (C=O) groups excluding carboxylic acids is 1. The van der Waals surface area contributed by atoms with Crippen LogP contribution in [0.25, 0.3) is 6.08 Å². The molecule has 0 radical (unpaired) electrons. The van der Waals surface area contributed by atoms with Gasteiger partial charge >= 0.3 is 5.97 Å². The number of anilines is 1. The van der Waals surface area contributed by atoms with Crippen LogP contribution in [0.1, 0.15) is 15.9 Å². The lowest BCUT2D eigenvalue weighted by atomic mass is 10.1. The number of aromatic carboxylic acids is 1. The van der Waals surface area contributed by atoms with Gasteiger partial charge in [-0.1, -0.05) is 35.3 Å². The van der Waals surface area contributed by atoms with E-state index in [1.807, 2.05) is 0 Å². The van der Waals surface area contributed by atoms with Crippen molar-refractivity contribution in [2.24, 2.45) is 0 Å². The summed E-state index contributed by atoms with van der Waals surface area (Å²) in [5, 5.41) is 12.4. The molecule has 7 heteroatoms. The number of amides is 1. The molecule has 2 aromatic carbocycles. The van der Waals surface area contributed by atoms with Crippen molar-refractivity contribution in [1.82, 2.24) is 0 Å². The molecule has 0 saturated heterocycles. The molecule has 0 aliphatic carbocycles.